The van der Waals surface area contributed by atoms with Gasteiger partial charge in [-0.3, -0.25) is 14.6 Å². The number of carbonyl (C=O) groups is 1. The molecule has 1 fully saturated rings. The maximum atomic E-state index is 12.9. The van der Waals surface area contributed by atoms with Crippen LogP contribution >= 0.6 is 0 Å². The van der Waals surface area contributed by atoms with Gasteiger partial charge in [-0.15, -0.1) is 0 Å². The highest BCUT2D eigenvalue weighted by molar-refractivity contribution is 5.69. The van der Waals surface area contributed by atoms with Crippen molar-refractivity contribution in [2.75, 3.05) is 26.2 Å². The molecule has 1 aliphatic rings. The van der Waals surface area contributed by atoms with Crippen molar-refractivity contribution >= 4 is 5.97 Å². The molecule has 1 aromatic carbocycles. The zero-order valence-electron chi connectivity index (χ0n) is 12.5. The van der Waals surface area contributed by atoms with E-state index in [1.54, 1.807) is 0 Å². The Kier molecular flexibility index (Phi) is 5.70. The van der Waals surface area contributed by atoms with Gasteiger partial charge in [0.15, 0.2) is 0 Å². The molecule has 0 radical (unpaired) electrons. The van der Waals surface area contributed by atoms with Gasteiger partial charge in [-0.05, 0) is 50.2 Å². The minimum Gasteiger partial charge on any atom is -0.480 e. The molecule has 0 spiro atoms. The van der Waals surface area contributed by atoms with Crippen LogP contribution in [0.2, 0.25) is 0 Å². The van der Waals surface area contributed by atoms with Crippen molar-refractivity contribution < 1.29 is 14.3 Å². The number of carboxylic acids is 1. The number of hydrogen-bond acceptors (Lipinski definition) is 3. The fourth-order valence-electron chi connectivity index (χ4n) is 2.96. The van der Waals surface area contributed by atoms with E-state index in [2.05, 4.69) is 4.90 Å². The zero-order valence-corrected chi connectivity index (χ0v) is 12.5. The minimum atomic E-state index is -0.759. The van der Waals surface area contributed by atoms with E-state index in [-0.39, 0.29) is 12.4 Å². The second-order valence-electron chi connectivity index (χ2n) is 5.59. The fraction of sp³-hybridized carbons (Fsp3) is 0.562. The van der Waals surface area contributed by atoms with Crippen LogP contribution in [0.4, 0.5) is 4.39 Å². The first-order valence-electron chi connectivity index (χ1n) is 7.51. The molecular weight excluding hydrogens is 271 g/mol. The molecule has 4 nitrogen and oxygen atoms in total. The lowest BCUT2D eigenvalue weighted by Crippen LogP contribution is -2.46. The Morgan fingerprint density at radius 1 is 1.33 bits per heavy atom. The largest absolute Gasteiger partial charge is 0.480 e. The van der Waals surface area contributed by atoms with Gasteiger partial charge >= 0.3 is 5.97 Å². The maximum absolute atomic E-state index is 12.9. The summed E-state index contributed by atoms with van der Waals surface area (Å²) in [5, 5.41) is 8.93. The molecule has 21 heavy (non-hydrogen) atoms. The highest BCUT2D eigenvalue weighted by atomic mass is 19.1. The Balaban J connectivity index is 1.82. The molecule has 1 aromatic rings. The Labute approximate surface area is 125 Å². The van der Waals surface area contributed by atoms with Crippen molar-refractivity contribution in [3.05, 3.63) is 35.6 Å². The Morgan fingerprint density at radius 2 is 1.95 bits per heavy atom. The number of aliphatic carboxylic acids is 1. The third-order valence-corrected chi connectivity index (χ3v) is 4.14. The van der Waals surface area contributed by atoms with Gasteiger partial charge in [0.1, 0.15) is 5.82 Å². The lowest BCUT2D eigenvalue weighted by molar-refractivity contribution is -0.139. The van der Waals surface area contributed by atoms with Crippen LogP contribution in [-0.4, -0.2) is 53.1 Å². The third-order valence-electron chi connectivity index (χ3n) is 4.14. The van der Waals surface area contributed by atoms with E-state index in [4.69, 9.17) is 5.11 Å². The number of halogens is 1. The van der Waals surface area contributed by atoms with Gasteiger partial charge in [-0.1, -0.05) is 19.1 Å². The summed E-state index contributed by atoms with van der Waals surface area (Å²) >= 11 is 0. The van der Waals surface area contributed by atoms with Crippen molar-refractivity contribution in [3.63, 3.8) is 0 Å². The van der Waals surface area contributed by atoms with E-state index in [0.29, 0.717) is 6.04 Å². The van der Waals surface area contributed by atoms with Gasteiger partial charge in [0.2, 0.25) is 0 Å². The molecule has 1 heterocycles. The van der Waals surface area contributed by atoms with Crippen LogP contribution in [0.25, 0.3) is 0 Å². The molecule has 2 rings (SSSR count). The van der Waals surface area contributed by atoms with Gasteiger partial charge in [0.25, 0.3) is 0 Å². The molecule has 1 N–H and O–H groups in total. The Bertz CT molecular complexity index is 456. The van der Waals surface area contributed by atoms with E-state index in [1.165, 1.54) is 12.1 Å². The molecule has 1 saturated heterocycles. The predicted octanol–water partition coefficient (Wildman–Crippen LogP) is 2.20. The second-order valence-corrected chi connectivity index (χ2v) is 5.59. The quantitative estimate of drug-likeness (QED) is 0.873. The summed E-state index contributed by atoms with van der Waals surface area (Å²) in [4.78, 5) is 15.2. The van der Waals surface area contributed by atoms with Crippen LogP contribution in [0, 0.1) is 5.82 Å². The predicted molar refractivity (Wildman–Crippen MR) is 79.6 cm³/mol. The second kappa shape index (κ2) is 7.52. The number of piperidine rings is 1. The molecule has 1 aliphatic heterocycles. The average molecular weight is 294 g/mol. The van der Waals surface area contributed by atoms with E-state index >= 15 is 0 Å². The van der Waals surface area contributed by atoms with E-state index in [0.717, 1.165) is 44.6 Å². The number of likely N-dealkylation sites (N-methyl/N-ethyl adjacent to an activating group) is 1. The van der Waals surface area contributed by atoms with Crippen LogP contribution < -0.4 is 0 Å². The normalized spacial score (nSPS) is 17.3. The number of carboxylic acid groups (broad SMARTS) is 1. The molecular formula is C16H23FN2O2. The van der Waals surface area contributed by atoms with Crippen molar-refractivity contribution in [1.82, 2.24) is 9.80 Å². The third kappa shape index (κ3) is 4.79. The Morgan fingerprint density at radius 3 is 2.48 bits per heavy atom. The van der Waals surface area contributed by atoms with Crippen LogP contribution in [0.15, 0.2) is 24.3 Å². The molecule has 0 atom stereocenters. The van der Waals surface area contributed by atoms with Crippen LogP contribution in [0.5, 0.6) is 0 Å². The van der Waals surface area contributed by atoms with Crippen LogP contribution in [0.1, 0.15) is 25.3 Å². The van der Waals surface area contributed by atoms with Crippen molar-refractivity contribution in [2.45, 2.75) is 32.4 Å². The smallest absolute Gasteiger partial charge is 0.317 e. The summed E-state index contributed by atoms with van der Waals surface area (Å²) in [6.07, 6.45) is 1.98. The van der Waals surface area contributed by atoms with Gasteiger partial charge in [0.05, 0.1) is 6.54 Å². The number of nitrogens with zero attached hydrogens (tertiary/aromatic N) is 2. The van der Waals surface area contributed by atoms with E-state index in [9.17, 15) is 9.18 Å². The average Bonchev–Trinajstić information content (AvgIpc) is 2.48. The molecule has 0 unspecified atom stereocenters. The lowest BCUT2D eigenvalue weighted by atomic mass is 10.0. The van der Waals surface area contributed by atoms with Crippen molar-refractivity contribution in [3.8, 4) is 0 Å². The maximum Gasteiger partial charge on any atom is 0.317 e. The standard InChI is InChI=1S/C16H23FN2O2/c1-2-19(12-16(20)21)15-7-9-18(10-8-15)11-13-3-5-14(17)6-4-13/h3-6,15H,2,7-12H2,1H3,(H,20,21). The molecule has 0 amide bonds. The number of hydrogen-bond donors (Lipinski definition) is 1. The van der Waals surface area contributed by atoms with Gasteiger partial charge in [0, 0.05) is 12.6 Å². The summed E-state index contributed by atoms with van der Waals surface area (Å²) in [6.45, 7) is 5.65. The summed E-state index contributed by atoms with van der Waals surface area (Å²) in [7, 11) is 0. The van der Waals surface area contributed by atoms with Gasteiger partial charge in [-0.2, -0.15) is 0 Å². The first kappa shape index (κ1) is 15.9. The minimum absolute atomic E-state index is 0.124. The fourth-order valence-corrected chi connectivity index (χ4v) is 2.96. The van der Waals surface area contributed by atoms with Gasteiger partial charge in [-0.25, -0.2) is 4.39 Å². The molecule has 0 bridgehead atoms. The molecule has 116 valence electrons. The number of benzene rings is 1. The summed E-state index contributed by atoms with van der Waals surface area (Å²) in [5.41, 5.74) is 1.12. The summed E-state index contributed by atoms with van der Waals surface area (Å²) in [5.74, 6) is -0.963. The first-order chi connectivity index (χ1) is 10.1. The van der Waals surface area contributed by atoms with Crippen LogP contribution in [0.3, 0.4) is 0 Å². The molecule has 5 heteroatoms. The van der Waals surface area contributed by atoms with Crippen molar-refractivity contribution in [1.29, 1.82) is 0 Å². The van der Waals surface area contributed by atoms with E-state index in [1.807, 2.05) is 24.0 Å². The molecule has 0 saturated carbocycles. The summed E-state index contributed by atoms with van der Waals surface area (Å²) in [6, 6.07) is 6.99. The first-order valence-corrected chi connectivity index (χ1v) is 7.51. The molecule has 0 aliphatic carbocycles. The Hall–Kier alpha value is -1.46. The highest BCUT2D eigenvalue weighted by Crippen LogP contribution is 2.18. The SMILES string of the molecule is CCN(CC(=O)O)C1CCN(Cc2ccc(F)cc2)CC1. The topological polar surface area (TPSA) is 43.8 Å². The van der Waals surface area contributed by atoms with E-state index < -0.39 is 5.97 Å². The number of rotatable bonds is 6. The summed E-state index contributed by atoms with van der Waals surface area (Å²) < 4.78 is 12.9. The van der Waals surface area contributed by atoms with Gasteiger partial charge < -0.3 is 5.11 Å². The zero-order chi connectivity index (χ0) is 15.2. The van der Waals surface area contributed by atoms with Crippen LogP contribution in [-0.2, 0) is 11.3 Å². The highest BCUT2D eigenvalue weighted by Gasteiger charge is 2.24. The van der Waals surface area contributed by atoms with Crippen molar-refractivity contribution in [2.24, 2.45) is 0 Å². The lowest BCUT2D eigenvalue weighted by Gasteiger charge is -2.37. The number of likely N-dealkylation sites (tertiary alicyclic amines) is 1. The monoisotopic (exact) mass is 294 g/mol. The molecule has 0 aromatic heterocycles.